The van der Waals surface area contributed by atoms with E-state index in [-0.39, 0.29) is 24.1 Å². The molecule has 4 heteroatoms. The molecule has 0 aliphatic carbocycles. The van der Waals surface area contributed by atoms with E-state index in [1.165, 1.54) is 6.92 Å². The van der Waals surface area contributed by atoms with E-state index >= 15 is 0 Å². The van der Waals surface area contributed by atoms with Gasteiger partial charge in [0.15, 0.2) is 0 Å². The van der Waals surface area contributed by atoms with Gasteiger partial charge in [-0.05, 0) is 20.8 Å². The Morgan fingerprint density at radius 1 is 1.33 bits per heavy atom. The van der Waals surface area contributed by atoms with Gasteiger partial charge in [-0.25, -0.2) is 0 Å². The van der Waals surface area contributed by atoms with Gasteiger partial charge in [0.05, 0.1) is 19.0 Å². The molecule has 1 aliphatic heterocycles. The lowest BCUT2D eigenvalue weighted by atomic mass is 9.83. The average Bonchev–Trinajstić information content (AvgIpc) is 2.28. The molecule has 1 atom stereocenters. The van der Waals surface area contributed by atoms with Crippen molar-refractivity contribution in [2.45, 2.75) is 52.6 Å². The van der Waals surface area contributed by atoms with Crippen molar-refractivity contribution in [3.63, 3.8) is 0 Å². The Morgan fingerprint density at radius 3 is 2.39 bits per heavy atom. The zero-order valence-corrected chi connectivity index (χ0v) is 12.0. The standard InChI is InChI=1S/C14H25NO3/c1-10(9-11(2)16)13(17)18-14(3,4)12-5-7-15-8-6-12/h10,12,15H,5-9H2,1-4H3/p+1. The molecule has 0 spiro atoms. The summed E-state index contributed by atoms with van der Waals surface area (Å²) in [5.74, 6) is -0.123. The number of carbonyl (C=O) groups excluding carboxylic acids is 2. The maximum atomic E-state index is 12.0. The fourth-order valence-corrected chi connectivity index (χ4v) is 2.58. The van der Waals surface area contributed by atoms with Gasteiger partial charge in [0.2, 0.25) is 0 Å². The summed E-state index contributed by atoms with van der Waals surface area (Å²) < 4.78 is 5.63. The third kappa shape index (κ3) is 4.41. The van der Waals surface area contributed by atoms with Gasteiger partial charge in [0, 0.05) is 25.2 Å². The Bertz CT molecular complexity index is 306. The lowest BCUT2D eigenvalue weighted by Crippen LogP contribution is -2.86. The van der Waals surface area contributed by atoms with Crippen molar-refractivity contribution in [2.24, 2.45) is 11.8 Å². The molecule has 1 rings (SSSR count). The van der Waals surface area contributed by atoms with Gasteiger partial charge < -0.3 is 14.8 Å². The molecule has 2 N–H and O–H groups in total. The Kier molecular flexibility index (Phi) is 5.32. The predicted molar refractivity (Wildman–Crippen MR) is 69.0 cm³/mol. The van der Waals surface area contributed by atoms with Gasteiger partial charge in [-0.3, -0.25) is 4.79 Å². The second-order valence-corrected chi connectivity index (χ2v) is 5.97. The first-order valence-electron chi connectivity index (χ1n) is 6.87. The molecule has 0 aromatic heterocycles. The molecule has 1 saturated heterocycles. The van der Waals surface area contributed by atoms with Crippen LogP contribution in [-0.2, 0) is 14.3 Å². The minimum Gasteiger partial charge on any atom is -0.459 e. The average molecular weight is 256 g/mol. The van der Waals surface area contributed by atoms with Crippen LogP contribution < -0.4 is 5.32 Å². The first-order valence-corrected chi connectivity index (χ1v) is 6.87. The molecular formula is C14H26NO3+. The number of nitrogens with two attached hydrogens (primary N) is 1. The van der Waals surface area contributed by atoms with Crippen molar-refractivity contribution < 1.29 is 19.6 Å². The minimum atomic E-state index is -0.420. The van der Waals surface area contributed by atoms with Crippen LogP contribution in [0.25, 0.3) is 0 Å². The van der Waals surface area contributed by atoms with E-state index in [0.717, 1.165) is 25.9 Å². The summed E-state index contributed by atoms with van der Waals surface area (Å²) in [5, 5.41) is 2.30. The van der Waals surface area contributed by atoms with Crippen LogP contribution in [0.3, 0.4) is 0 Å². The SMILES string of the molecule is CC(=O)CC(C)C(=O)OC(C)(C)C1CC[NH2+]CC1. The number of hydrogen-bond donors (Lipinski definition) is 1. The highest BCUT2D eigenvalue weighted by atomic mass is 16.6. The topological polar surface area (TPSA) is 60.0 Å². The van der Waals surface area contributed by atoms with Crippen LogP contribution in [0.5, 0.6) is 0 Å². The van der Waals surface area contributed by atoms with Crippen LogP contribution >= 0.6 is 0 Å². The molecule has 1 aliphatic rings. The number of rotatable bonds is 5. The Hall–Kier alpha value is -0.900. The highest BCUT2D eigenvalue weighted by Gasteiger charge is 2.36. The van der Waals surface area contributed by atoms with Crippen LogP contribution in [0, 0.1) is 11.8 Å². The molecule has 0 radical (unpaired) electrons. The number of esters is 1. The van der Waals surface area contributed by atoms with E-state index in [2.05, 4.69) is 5.32 Å². The summed E-state index contributed by atoms with van der Waals surface area (Å²) in [6.07, 6.45) is 2.44. The number of Topliss-reactive ketones (excluding diaryl/α,β-unsaturated/α-hetero) is 1. The Balaban J connectivity index is 2.52. The Labute approximate surface area is 109 Å². The molecule has 0 bridgehead atoms. The largest absolute Gasteiger partial charge is 0.459 e. The second-order valence-electron chi connectivity index (χ2n) is 5.97. The summed E-state index contributed by atoms with van der Waals surface area (Å²) in [6.45, 7) is 9.45. The fraction of sp³-hybridized carbons (Fsp3) is 0.857. The molecule has 0 amide bonds. The van der Waals surface area contributed by atoms with E-state index in [9.17, 15) is 9.59 Å². The van der Waals surface area contributed by atoms with Crippen molar-refractivity contribution in [3.8, 4) is 0 Å². The number of hydrogen-bond acceptors (Lipinski definition) is 3. The molecule has 18 heavy (non-hydrogen) atoms. The van der Waals surface area contributed by atoms with Crippen LogP contribution in [0.2, 0.25) is 0 Å². The van der Waals surface area contributed by atoms with Crippen molar-refractivity contribution in [1.82, 2.24) is 0 Å². The predicted octanol–water partition coefficient (Wildman–Crippen LogP) is 0.897. The molecule has 0 saturated carbocycles. The van der Waals surface area contributed by atoms with Crippen LogP contribution in [0.1, 0.15) is 47.0 Å². The van der Waals surface area contributed by atoms with E-state index in [4.69, 9.17) is 4.74 Å². The Morgan fingerprint density at radius 2 is 1.89 bits per heavy atom. The monoisotopic (exact) mass is 256 g/mol. The van der Waals surface area contributed by atoms with Crippen molar-refractivity contribution in [2.75, 3.05) is 13.1 Å². The number of quaternary nitrogens is 1. The van der Waals surface area contributed by atoms with Crippen LogP contribution in [0.15, 0.2) is 0 Å². The van der Waals surface area contributed by atoms with Crippen molar-refractivity contribution >= 4 is 11.8 Å². The van der Waals surface area contributed by atoms with E-state index in [0.29, 0.717) is 5.92 Å². The van der Waals surface area contributed by atoms with Gasteiger partial charge in [-0.2, -0.15) is 0 Å². The van der Waals surface area contributed by atoms with Crippen molar-refractivity contribution in [3.05, 3.63) is 0 Å². The second kappa shape index (κ2) is 6.32. The summed E-state index contributed by atoms with van der Waals surface area (Å²) in [6, 6.07) is 0. The summed E-state index contributed by atoms with van der Waals surface area (Å²) in [4.78, 5) is 23.0. The molecular weight excluding hydrogens is 230 g/mol. The molecule has 104 valence electrons. The maximum Gasteiger partial charge on any atom is 0.309 e. The normalized spacial score (nSPS) is 19.3. The molecule has 1 fully saturated rings. The van der Waals surface area contributed by atoms with Gasteiger partial charge in [-0.15, -0.1) is 0 Å². The van der Waals surface area contributed by atoms with Gasteiger partial charge in [0.1, 0.15) is 11.4 Å². The number of piperidine rings is 1. The van der Waals surface area contributed by atoms with E-state index < -0.39 is 5.60 Å². The van der Waals surface area contributed by atoms with E-state index in [1.807, 2.05) is 13.8 Å². The summed E-state index contributed by atoms with van der Waals surface area (Å²) in [7, 11) is 0. The summed E-state index contributed by atoms with van der Waals surface area (Å²) in [5.41, 5.74) is -0.420. The number of ketones is 1. The highest BCUT2D eigenvalue weighted by molar-refractivity contribution is 5.82. The molecule has 1 heterocycles. The summed E-state index contributed by atoms with van der Waals surface area (Å²) >= 11 is 0. The third-order valence-corrected chi connectivity index (χ3v) is 3.78. The quantitative estimate of drug-likeness (QED) is 0.743. The first-order chi connectivity index (χ1) is 8.33. The van der Waals surface area contributed by atoms with Gasteiger partial charge in [0.25, 0.3) is 0 Å². The number of ether oxygens (including phenoxy) is 1. The number of carbonyl (C=O) groups is 2. The lowest BCUT2D eigenvalue weighted by molar-refractivity contribution is -0.665. The van der Waals surface area contributed by atoms with Crippen molar-refractivity contribution in [1.29, 1.82) is 0 Å². The van der Waals surface area contributed by atoms with Gasteiger partial charge in [-0.1, -0.05) is 6.92 Å². The minimum absolute atomic E-state index is 0.0320. The fourth-order valence-electron chi connectivity index (χ4n) is 2.58. The first kappa shape index (κ1) is 15.2. The zero-order chi connectivity index (χ0) is 13.8. The molecule has 4 nitrogen and oxygen atoms in total. The molecule has 0 aromatic rings. The van der Waals surface area contributed by atoms with Crippen LogP contribution in [-0.4, -0.2) is 30.4 Å². The smallest absolute Gasteiger partial charge is 0.309 e. The van der Waals surface area contributed by atoms with Gasteiger partial charge >= 0.3 is 5.97 Å². The zero-order valence-electron chi connectivity index (χ0n) is 12.0. The van der Waals surface area contributed by atoms with Crippen LogP contribution in [0.4, 0.5) is 0 Å². The third-order valence-electron chi connectivity index (χ3n) is 3.78. The maximum absolute atomic E-state index is 12.0. The molecule has 1 unspecified atom stereocenters. The highest BCUT2D eigenvalue weighted by Crippen LogP contribution is 2.29. The lowest BCUT2D eigenvalue weighted by Gasteiger charge is -2.36. The molecule has 0 aromatic carbocycles. The van der Waals surface area contributed by atoms with E-state index in [1.54, 1.807) is 6.92 Å².